The first-order valence-electron chi connectivity index (χ1n) is 15.8. The lowest BCUT2D eigenvalue weighted by Gasteiger charge is -2.50. The van der Waals surface area contributed by atoms with Gasteiger partial charge in [0.1, 0.15) is 11.5 Å². The van der Waals surface area contributed by atoms with Crippen LogP contribution in [-0.4, -0.2) is 51.1 Å². The molecule has 4 aliphatic rings. The number of nitrogens with zero attached hydrogens (tertiary/aromatic N) is 2. The summed E-state index contributed by atoms with van der Waals surface area (Å²) in [4.78, 5) is 56.7. The van der Waals surface area contributed by atoms with Crippen molar-refractivity contribution in [2.45, 2.75) is 24.2 Å². The van der Waals surface area contributed by atoms with E-state index in [-0.39, 0.29) is 34.4 Å². The van der Waals surface area contributed by atoms with Gasteiger partial charge in [0.25, 0.3) is 23.6 Å². The Hall–Kier alpha value is -4.90. The van der Waals surface area contributed by atoms with Gasteiger partial charge in [-0.05, 0) is 71.5 Å². The fourth-order valence-corrected chi connectivity index (χ4v) is 9.18. The minimum absolute atomic E-state index is 0.0189. The van der Waals surface area contributed by atoms with Gasteiger partial charge < -0.3 is 9.84 Å². The van der Waals surface area contributed by atoms with E-state index in [0.717, 1.165) is 10.4 Å². The molecule has 1 saturated carbocycles. The number of hydroxylamine groups is 2. The molecule has 4 aromatic rings. The van der Waals surface area contributed by atoms with Crippen molar-refractivity contribution in [3.05, 3.63) is 112 Å². The molecule has 2 aliphatic heterocycles. The van der Waals surface area contributed by atoms with Crippen LogP contribution in [0.1, 0.15) is 29.9 Å². The summed E-state index contributed by atoms with van der Waals surface area (Å²) in [6.07, 6.45) is 2.01. The summed E-state index contributed by atoms with van der Waals surface area (Å²) in [6.45, 7) is 0. The predicted molar refractivity (Wildman–Crippen MR) is 180 cm³/mol. The highest BCUT2D eigenvalue weighted by Gasteiger charge is 2.71. The number of phenolic OH excluding ortho intramolecular Hbond substituents is 1. The maximum absolute atomic E-state index is 15.4. The Morgan fingerprint density at radius 3 is 2.39 bits per heavy atom. The largest absolute Gasteiger partial charge is 0.508 e. The van der Waals surface area contributed by atoms with Crippen LogP contribution >= 0.6 is 23.2 Å². The summed E-state index contributed by atoms with van der Waals surface area (Å²) in [6, 6.07) is 22.3. The number of hydrazine groups is 1. The highest BCUT2D eigenvalue weighted by atomic mass is 35.5. The molecule has 248 valence electrons. The number of halogens is 2. The first-order chi connectivity index (χ1) is 23.6. The zero-order valence-corrected chi connectivity index (χ0v) is 27.5. The standard InChI is InChI=1S/C37H29Cl2N3O7/c1-49-21-10-7-19(8-11-21)37-26(34(45)41(36(37)47)40-28-14-9-20(38)16-27(28)39)17-25-23(12-13-24-30(25)35(46)42(48)33(24)44)32(37)31-22-5-3-2-4-18(22)6-15-29(31)43/h2-12,14-16,24-26,30,32,40,43,48H,13,17H2,1H3/t24-,25+,26-,30-,32+,37+/m0/s1. The van der Waals surface area contributed by atoms with Crippen molar-refractivity contribution in [2.24, 2.45) is 23.7 Å². The number of ether oxygens (including phenoxy) is 1. The minimum Gasteiger partial charge on any atom is -0.508 e. The third-order valence-corrected chi connectivity index (χ3v) is 11.3. The molecule has 3 N–H and O–H groups in total. The molecule has 8 rings (SSSR count). The van der Waals surface area contributed by atoms with Crippen molar-refractivity contribution >= 4 is 63.3 Å². The average Bonchev–Trinajstić information content (AvgIpc) is 3.46. The van der Waals surface area contributed by atoms with Gasteiger partial charge in [0.05, 0.1) is 41.0 Å². The molecular weight excluding hydrogens is 669 g/mol. The van der Waals surface area contributed by atoms with Crippen LogP contribution in [0.15, 0.2) is 90.5 Å². The summed E-state index contributed by atoms with van der Waals surface area (Å²) in [5.41, 5.74) is 3.14. The lowest BCUT2D eigenvalue weighted by Crippen LogP contribution is -2.53. The second kappa shape index (κ2) is 11.3. The van der Waals surface area contributed by atoms with Gasteiger partial charge in [-0.2, -0.15) is 10.1 Å². The van der Waals surface area contributed by atoms with Gasteiger partial charge in [0, 0.05) is 16.5 Å². The van der Waals surface area contributed by atoms with Crippen LogP contribution in [0, 0.1) is 23.7 Å². The number of amides is 4. The number of nitrogens with one attached hydrogen (secondary N) is 1. The summed E-state index contributed by atoms with van der Waals surface area (Å²) in [5.74, 6) is -6.70. The van der Waals surface area contributed by atoms with Crippen LogP contribution < -0.4 is 10.2 Å². The van der Waals surface area contributed by atoms with Gasteiger partial charge in [-0.25, -0.2) is 0 Å². The molecule has 4 amide bonds. The number of anilines is 1. The monoisotopic (exact) mass is 697 g/mol. The third-order valence-electron chi connectivity index (χ3n) is 10.8. The summed E-state index contributed by atoms with van der Waals surface area (Å²) >= 11 is 12.6. The van der Waals surface area contributed by atoms with E-state index < -0.39 is 58.6 Å². The highest BCUT2D eigenvalue weighted by Crippen LogP contribution is 2.65. The lowest BCUT2D eigenvalue weighted by atomic mass is 9.48. The number of hydrogen-bond donors (Lipinski definition) is 3. The third kappa shape index (κ3) is 4.37. The van der Waals surface area contributed by atoms with Gasteiger partial charge >= 0.3 is 0 Å². The zero-order chi connectivity index (χ0) is 34.4. The van der Waals surface area contributed by atoms with E-state index in [9.17, 15) is 24.7 Å². The van der Waals surface area contributed by atoms with E-state index in [4.69, 9.17) is 27.9 Å². The van der Waals surface area contributed by atoms with Crippen LogP contribution in [0.5, 0.6) is 11.5 Å². The normalized spacial score (nSPS) is 27.6. The molecule has 0 radical (unpaired) electrons. The second-order valence-electron chi connectivity index (χ2n) is 12.9. The highest BCUT2D eigenvalue weighted by molar-refractivity contribution is 6.36. The molecule has 10 nitrogen and oxygen atoms in total. The number of carbonyl (C=O) groups excluding carboxylic acids is 4. The van der Waals surface area contributed by atoms with E-state index in [0.29, 0.717) is 32.9 Å². The number of aromatic hydroxyl groups is 1. The molecular formula is C37H29Cl2N3O7. The van der Waals surface area contributed by atoms with Crippen molar-refractivity contribution in [2.75, 3.05) is 12.5 Å². The van der Waals surface area contributed by atoms with Crippen molar-refractivity contribution in [1.82, 2.24) is 10.1 Å². The zero-order valence-electron chi connectivity index (χ0n) is 26.0. The molecule has 3 fully saturated rings. The summed E-state index contributed by atoms with van der Waals surface area (Å²) in [5, 5.41) is 25.4. The topological polar surface area (TPSA) is 136 Å². The molecule has 6 atom stereocenters. The Balaban J connectivity index is 1.43. The van der Waals surface area contributed by atoms with Crippen molar-refractivity contribution in [3.63, 3.8) is 0 Å². The molecule has 0 spiro atoms. The Morgan fingerprint density at radius 1 is 0.898 bits per heavy atom. The fourth-order valence-electron chi connectivity index (χ4n) is 8.73. The molecule has 0 aromatic heterocycles. The summed E-state index contributed by atoms with van der Waals surface area (Å²) in [7, 11) is 1.53. The van der Waals surface area contributed by atoms with Gasteiger partial charge in [0.15, 0.2) is 0 Å². The summed E-state index contributed by atoms with van der Waals surface area (Å²) < 4.78 is 5.44. The Kier molecular flexibility index (Phi) is 7.26. The number of benzene rings is 4. The second-order valence-corrected chi connectivity index (χ2v) is 13.8. The molecule has 4 aromatic carbocycles. The maximum Gasteiger partial charge on any atom is 0.260 e. The van der Waals surface area contributed by atoms with Crippen molar-refractivity contribution in [1.29, 1.82) is 0 Å². The molecule has 49 heavy (non-hydrogen) atoms. The van der Waals surface area contributed by atoms with Gasteiger partial charge in [-0.1, -0.05) is 77.3 Å². The van der Waals surface area contributed by atoms with Crippen molar-refractivity contribution in [3.8, 4) is 11.5 Å². The number of methoxy groups -OCH3 is 1. The van der Waals surface area contributed by atoms with E-state index >= 15 is 4.79 Å². The molecule has 0 unspecified atom stereocenters. The van der Waals surface area contributed by atoms with Gasteiger partial charge in [0.2, 0.25) is 0 Å². The SMILES string of the molecule is COc1ccc([C@@]23C(=O)N(Nc4ccc(Cl)cc4Cl)C(=O)[C@@H]2C[C@@H]2C(=CC[C@@H]4C(=O)N(O)C(=O)[C@@H]42)[C@@H]3c2c(O)ccc3ccccc23)cc1. The Labute approximate surface area is 290 Å². The number of rotatable bonds is 5. The Morgan fingerprint density at radius 2 is 1.65 bits per heavy atom. The number of imide groups is 2. The predicted octanol–water partition coefficient (Wildman–Crippen LogP) is 6.23. The number of hydrogen-bond acceptors (Lipinski definition) is 8. The lowest BCUT2D eigenvalue weighted by molar-refractivity contribution is -0.173. The van der Waals surface area contributed by atoms with Crippen LogP contribution in [0.25, 0.3) is 10.8 Å². The number of fused-ring (bicyclic) bond motifs is 5. The first kappa shape index (κ1) is 31.4. The molecule has 2 aliphatic carbocycles. The number of phenols is 1. The molecule has 2 heterocycles. The maximum atomic E-state index is 15.4. The van der Waals surface area contributed by atoms with E-state index in [1.165, 1.54) is 13.2 Å². The minimum atomic E-state index is -1.64. The van der Waals surface area contributed by atoms with Crippen LogP contribution in [0.2, 0.25) is 10.0 Å². The van der Waals surface area contributed by atoms with Gasteiger partial charge in [-0.15, -0.1) is 0 Å². The van der Waals surface area contributed by atoms with E-state index in [1.54, 1.807) is 48.5 Å². The molecule has 0 bridgehead atoms. The number of carbonyl (C=O) groups is 4. The molecule has 12 heteroatoms. The average molecular weight is 699 g/mol. The Bertz CT molecular complexity index is 2140. The quantitative estimate of drug-likeness (QED) is 0.127. The van der Waals surface area contributed by atoms with Crippen LogP contribution in [-0.2, 0) is 24.6 Å². The number of allylic oxidation sites excluding steroid dienone is 2. The van der Waals surface area contributed by atoms with Crippen LogP contribution in [0.3, 0.4) is 0 Å². The fraction of sp³-hybridized carbons (Fsp3) is 0.243. The van der Waals surface area contributed by atoms with E-state index in [1.807, 2.05) is 30.3 Å². The van der Waals surface area contributed by atoms with Crippen LogP contribution in [0.4, 0.5) is 5.69 Å². The van der Waals surface area contributed by atoms with E-state index in [2.05, 4.69) is 5.43 Å². The molecule has 2 saturated heterocycles. The van der Waals surface area contributed by atoms with Crippen molar-refractivity contribution < 1.29 is 34.2 Å². The first-order valence-corrected chi connectivity index (χ1v) is 16.5. The van der Waals surface area contributed by atoms with Gasteiger partial charge in [-0.3, -0.25) is 29.8 Å². The smallest absolute Gasteiger partial charge is 0.260 e.